The Labute approximate surface area is 106 Å². The second-order valence-corrected chi connectivity index (χ2v) is 5.61. The normalized spacial score (nSPS) is 27.8. The van der Waals surface area contributed by atoms with Crippen LogP contribution in [-0.4, -0.2) is 28.4 Å². The van der Waals surface area contributed by atoms with E-state index in [9.17, 15) is 14.4 Å². The topological polar surface area (TPSA) is 109 Å². The van der Waals surface area contributed by atoms with E-state index in [1.54, 1.807) is 0 Å². The number of carbonyl (C=O) groups is 3. The maximum absolute atomic E-state index is 12.0. The Hall–Kier alpha value is -1.59. The van der Waals surface area contributed by atoms with E-state index >= 15 is 0 Å². The molecule has 0 heterocycles. The Bertz CT molecular complexity index is 378. The van der Waals surface area contributed by atoms with Crippen molar-refractivity contribution in [3.63, 3.8) is 0 Å². The van der Waals surface area contributed by atoms with Gasteiger partial charge >= 0.3 is 5.97 Å². The van der Waals surface area contributed by atoms with Crippen LogP contribution in [0.4, 0.5) is 0 Å². The molecule has 6 heteroatoms. The fraction of sp³-hybridized carbons (Fsp3) is 0.750. The molecule has 0 aromatic heterocycles. The number of carboxylic acid groups (broad SMARTS) is 1. The van der Waals surface area contributed by atoms with Gasteiger partial charge in [0, 0.05) is 0 Å². The van der Waals surface area contributed by atoms with Crippen LogP contribution in [0.15, 0.2) is 0 Å². The highest BCUT2D eigenvalue weighted by Crippen LogP contribution is 2.36. The molecule has 0 aromatic rings. The van der Waals surface area contributed by atoms with E-state index in [-0.39, 0.29) is 5.92 Å². The van der Waals surface area contributed by atoms with Crippen LogP contribution < -0.4 is 11.1 Å². The fourth-order valence-electron chi connectivity index (χ4n) is 2.32. The first-order valence-corrected chi connectivity index (χ1v) is 6.00. The van der Waals surface area contributed by atoms with Crippen molar-refractivity contribution in [3.05, 3.63) is 0 Å². The van der Waals surface area contributed by atoms with Gasteiger partial charge < -0.3 is 16.2 Å². The minimum atomic E-state index is -1.16. The van der Waals surface area contributed by atoms with Crippen molar-refractivity contribution in [2.75, 3.05) is 0 Å². The summed E-state index contributed by atoms with van der Waals surface area (Å²) in [6.07, 6.45) is 1.02. The van der Waals surface area contributed by atoms with Gasteiger partial charge in [-0.3, -0.25) is 14.4 Å². The second-order valence-electron chi connectivity index (χ2n) is 5.61. The van der Waals surface area contributed by atoms with Gasteiger partial charge in [0.1, 0.15) is 5.54 Å². The van der Waals surface area contributed by atoms with E-state index < -0.39 is 35.2 Å². The predicted octanol–water partition coefficient (Wildman–Crippen LogP) is 0.113. The van der Waals surface area contributed by atoms with E-state index in [0.717, 1.165) is 0 Å². The van der Waals surface area contributed by atoms with Gasteiger partial charge in [0.25, 0.3) is 0 Å². The van der Waals surface area contributed by atoms with Crippen molar-refractivity contribution in [3.8, 4) is 0 Å². The van der Waals surface area contributed by atoms with Crippen LogP contribution in [0.2, 0.25) is 0 Å². The van der Waals surface area contributed by atoms with Gasteiger partial charge in [-0.05, 0) is 32.6 Å². The summed E-state index contributed by atoms with van der Waals surface area (Å²) >= 11 is 0. The van der Waals surface area contributed by atoms with E-state index in [2.05, 4.69) is 5.32 Å². The number of aliphatic carboxylic acids is 1. The molecule has 4 N–H and O–H groups in total. The second kappa shape index (κ2) is 4.96. The molecule has 1 saturated carbocycles. The Morgan fingerprint density at radius 3 is 2.17 bits per heavy atom. The third-order valence-corrected chi connectivity index (χ3v) is 3.50. The van der Waals surface area contributed by atoms with Crippen LogP contribution in [0.1, 0.15) is 33.6 Å². The fourth-order valence-corrected chi connectivity index (χ4v) is 2.32. The minimum Gasteiger partial charge on any atom is -0.481 e. The molecule has 0 bridgehead atoms. The molecule has 0 aromatic carbocycles. The zero-order valence-electron chi connectivity index (χ0n) is 10.9. The summed E-state index contributed by atoms with van der Waals surface area (Å²) in [5, 5.41) is 11.6. The molecule has 0 spiro atoms. The molecule has 3 atom stereocenters. The average molecular weight is 256 g/mol. The number of hydrogen-bond acceptors (Lipinski definition) is 3. The van der Waals surface area contributed by atoms with E-state index in [1.807, 2.05) is 6.92 Å². The number of hydrogen-bond donors (Lipinski definition) is 3. The summed E-state index contributed by atoms with van der Waals surface area (Å²) in [7, 11) is 0. The van der Waals surface area contributed by atoms with Crippen molar-refractivity contribution in [2.45, 2.75) is 39.2 Å². The molecule has 1 aliphatic rings. The number of rotatable bonds is 4. The first-order valence-electron chi connectivity index (χ1n) is 6.00. The third-order valence-electron chi connectivity index (χ3n) is 3.50. The van der Waals surface area contributed by atoms with Crippen molar-refractivity contribution in [1.82, 2.24) is 5.32 Å². The monoisotopic (exact) mass is 256 g/mol. The van der Waals surface area contributed by atoms with Crippen molar-refractivity contribution in [1.29, 1.82) is 0 Å². The number of carbonyl (C=O) groups excluding carboxylic acids is 2. The lowest BCUT2D eigenvalue weighted by Gasteiger charge is -2.25. The van der Waals surface area contributed by atoms with Gasteiger partial charge in [0.15, 0.2) is 0 Å². The third kappa shape index (κ3) is 3.00. The number of nitrogens with two attached hydrogens (primary N) is 1. The molecular formula is C12H20N2O4. The number of nitrogens with one attached hydrogen (secondary N) is 1. The van der Waals surface area contributed by atoms with E-state index in [1.165, 1.54) is 13.8 Å². The Kier molecular flexibility index (Phi) is 3.98. The van der Waals surface area contributed by atoms with Gasteiger partial charge in [-0.1, -0.05) is 6.92 Å². The standard InChI is InChI=1S/C12H20N2O4/c1-6-4-7(8(5-6)10(16)17)9(15)14-12(2,3)11(13)18/h6-8H,4-5H2,1-3H3,(H2,13,18)(H,14,15)(H,16,17). The summed E-state index contributed by atoms with van der Waals surface area (Å²) in [5.74, 6) is -3.08. The Morgan fingerprint density at radius 1 is 1.22 bits per heavy atom. The largest absolute Gasteiger partial charge is 0.481 e. The van der Waals surface area contributed by atoms with Crippen LogP contribution in [0, 0.1) is 17.8 Å². The maximum Gasteiger partial charge on any atom is 0.307 e. The number of amides is 2. The SMILES string of the molecule is CC1CC(C(=O)O)C(C(=O)NC(C)(C)C(N)=O)C1. The minimum absolute atomic E-state index is 0.193. The van der Waals surface area contributed by atoms with Crippen LogP contribution in [-0.2, 0) is 14.4 Å². The lowest BCUT2D eigenvalue weighted by atomic mass is 9.93. The maximum atomic E-state index is 12.0. The molecule has 2 amide bonds. The zero-order valence-corrected chi connectivity index (χ0v) is 10.9. The first kappa shape index (κ1) is 14.5. The van der Waals surface area contributed by atoms with Crippen LogP contribution in [0.3, 0.4) is 0 Å². The predicted molar refractivity (Wildman–Crippen MR) is 64.4 cm³/mol. The van der Waals surface area contributed by atoms with Crippen molar-refractivity contribution < 1.29 is 19.5 Å². The first-order chi connectivity index (χ1) is 8.15. The van der Waals surface area contributed by atoms with Crippen molar-refractivity contribution >= 4 is 17.8 Å². The van der Waals surface area contributed by atoms with Gasteiger partial charge in [-0.15, -0.1) is 0 Å². The summed E-state index contributed by atoms with van der Waals surface area (Å²) in [4.78, 5) is 34.3. The molecule has 1 rings (SSSR count). The molecule has 1 aliphatic carbocycles. The lowest BCUT2D eigenvalue weighted by Crippen LogP contribution is -2.55. The van der Waals surface area contributed by atoms with Gasteiger partial charge in [0.2, 0.25) is 11.8 Å². The molecule has 0 radical (unpaired) electrons. The van der Waals surface area contributed by atoms with E-state index in [0.29, 0.717) is 12.8 Å². The van der Waals surface area contributed by atoms with Gasteiger partial charge in [-0.25, -0.2) is 0 Å². The quantitative estimate of drug-likeness (QED) is 0.663. The van der Waals surface area contributed by atoms with E-state index in [4.69, 9.17) is 10.8 Å². The molecule has 6 nitrogen and oxygen atoms in total. The summed E-state index contributed by atoms with van der Waals surface area (Å²) in [6, 6.07) is 0. The molecule has 0 saturated heterocycles. The van der Waals surface area contributed by atoms with Gasteiger partial charge in [-0.2, -0.15) is 0 Å². The highest BCUT2D eigenvalue weighted by atomic mass is 16.4. The average Bonchev–Trinajstić information content (AvgIpc) is 2.59. The van der Waals surface area contributed by atoms with Crippen LogP contribution >= 0.6 is 0 Å². The Balaban J connectivity index is 2.78. The van der Waals surface area contributed by atoms with Crippen LogP contribution in [0.5, 0.6) is 0 Å². The van der Waals surface area contributed by atoms with Crippen molar-refractivity contribution in [2.24, 2.45) is 23.5 Å². The summed E-state index contributed by atoms with van der Waals surface area (Å²) in [6.45, 7) is 4.92. The van der Waals surface area contributed by atoms with Crippen LogP contribution in [0.25, 0.3) is 0 Å². The lowest BCUT2D eigenvalue weighted by molar-refractivity contribution is -0.146. The highest BCUT2D eigenvalue weighted by Gasteiger charge is 2.42. The smallest absolute Gasteiger partial charge is 0.307 e. The molecule has 102 valence electrons. The summed E-state index contributed by atoms with van der Waals surface area (Å²) < 4.78 is 0. The number of primary amides is 1. The molecule has 18 heavy (non-hydrogen) atoms. The highest BCUT2D eigenvalue weighted by molar-refractivity contribution is 5.92. The molecule has 1 fully saturated rings. The molecular weight excluding hydrogens is 236 g/mol. The Morgan fingerprint density at radius 2 is 1.72 bits per heavy atom. The summed E-state index contributed by atoms with van der Waals surface area (Å²) in [5.41, 5.74) is 4.01. The molecule has 3 unspecified atom stereocenters. The van der Waals surface area contributed by atoms with Gasteiger partial charge in [0.05, 0.1) is 11.8 Å². The number of carboxylic acids is 1. The molecule has 0 aliphatic heterocycles. The zero-order chi connectivity index (χ0) is 14.1.